The van der Waals surface area contributed by atoms with E-state index in [4.69, 9.17) is 4.74 Å². The Morgan fingerprint density at radius 1 is 1.18 bits per heavy atom. The largest absolute Gasteiger partial charge is 0.449 e. The molecule has 3 fully saturated rings. The number of alkyl halides is 3. The van der Waals surface area contributed by atoms with E-state index in [1.54, 1.807) is 27.7 Å². The Hall–Kier alpha value is -1.57. The second kappa shape index (κ2) is 8.24. The van der Waals surface area contributed by atoms with Gasteiger partial charge in [-0.1, -0.05) is 33.8 Å². The molecule has 3 saturated carbocycles. The van der Waals surface area contributed by atoms with Gasteiger partial charge in [0.1, 0.15) is 17.8 Å². The van der Waals surface area contributed by atoms with Crippen molar-refractivity contribution in [3.05, 3.63) is 23.8 Å². The van der Waals surface area contributed by atoms with Crippen LogP contribution >= 0.6 is 11.8 Å². The quantitative estimate of drug-likeness (QED) is 0.465. The maximum Gasteiger partial charge on any atom is 0.306 e. The predicted molar refractivity (Wildman–Crippen MR) is 124 cm³/mol. The predicted octanol–water partition coefficient (Wildman–Crippen LogP) is 5.71. The molecule has 4 nitrogen and oxygen atoms in total. The molecule has 0 aromatic heterocycles. The van der Waals surface area contributed by atoms with E-state index in [1.807, 2.05) is 6.92 Å². The van der Waals surface area contributed by atoms with Gasteiger partial charge in [0, 0.05) is 29.1 Å². The van der Waals surface area contributed by atoms with Crippen LogP contribution in [0.25, 0.3) is 0 Å². The van der Waals surface area contributed by atoms with Gasteiger partial charge in [0.05, 0.1) is 0 Å². The minimum Gasteiger partial charge on any atom is -0.449 e. The Kier molecular flexibility index (Phi) is 6.19. The molecule has 4 aliphatic rings. The Labute approximate surface area is 203 Å². The van der Waals surface area contributed by atoms with Gasteiger partial charge in [-0.05, 0) is 67.5 Å². The number of thioether (sulfide) groups is 1. The Morgan fingerprint density at radius 3 is 2.47 bits per heavy atom. The first-order valence-electron chi connectivity index (χ1n) is 12.1. The maximum atomic E-state index is 17.5. The molecule has 0 unspecified atom stereocenters. The second-order valence-electron chi connectivity index (χ2n) is 11.0. The molecule has 0 aromatic carbocycles. The van der Waals surface area contributed by atoms with Gasteiger partial charge >= 0.3 is 5.97 Å². The summed E-state index contributed by atoms with van der Waals surface area (Å²) in [6.07, 6.45) is 3.06. The first-order chi connectivity index (χ1) is 15.8. The number of rotatable bonds is 4. The molecule has 34 heavy (non-hydrogen) atoms. The highest BCUT2D eigenvalue weighted by atomic mass is 32.2. The number of esters is 1. The van der Waals surface area contributed by atoms with Gasteiger partial charge in [0.2, 0.25) is 5.12 Å². The van der Waals surface area contributed by atoms with Gasteiger partial charge in [-0.15, -0.1) is 0 Å². The van der Waals surface area contributed by atoms with Crippen molar-refractivity contribution in [2.75, 3.05) is 6.01 Å². The third-order valence-electron chi connectivity index (χ3n) is 9.57. The van der Waals surface area contributed by atoms with Crippen LogP contribution in [0.3, 0.4) is 0 Å². The fraction of sp³-hybridized carbons (Fsp3) is 0.731. The summed E-state index contributed by atoms with van der Waals surface area (Å²) < 4.78 is 52.3. The molecule has 0 radical (unpaired) electrons. The highest BCUT2D eigenvalue weighted by Gasteiger charge is 2.77. The molecule has 0 aromatic rings. The zero-order valence-corrected chi connectivity index (χ0v) is 21.1. The van der Waals surface area contributed by atoms with Crippen LogP contribution in [-0.2, 0) is 19.1 Å². The molecule has 8 heteroatoms. The topological polar surface area (TPSA) is 60.4 Å². The first-order valence-corrected chi connectivity index (χ1v) is 13.0. The molecule has 9 atom stereocenters. The van der Waals surface area contributed by atoms with E-state index in [-0.39, 0.29) is 30.6 Å². The number of hydrogen-bond donors (Lipinski definition) is 0. The third-order valence-corrected chi connectivity index (χ3v) is 10.2. The molecule has 0 aliphatic heterocycles. The van der Waals surface area contributed by atoms with Gasteiger partial charge in [-0.3, -0.25) is 14.4 Å². The van der Waals surface area contributed by atoms with Crippen LogP contribution < -0.4 is 0 Å². The van der Waals surface area contributed by atoms with Crippen molar-refractivity contribution in [2.24, 2.45) is 34.5 Å². The first kappa shape index (κ1) is 25.5. The normalized spacial score (nSPS) is 47.4. The number of fused-ring (bicyclic) bond motifs is 5. The number of hydrogen-bond acceptors (Lipinski definition) is 5. The summed E-state index contributed by atoms with van der Waals surface area (Å²) >= 11 is 0.477. The molecule has 0 saturated heterocycles. The Balaban J connectivity index is 1.87. The van der Waals surface area contributed by atoms with Crippen molar-refractivity contribution in [2.45, 2.75) is 77.7 Å². The van der Waals surface area contributed by atoms with E-state index in [0.717, 1.165) is 0 Å². The fourth-order valence-electron chi connectivity index (χ4n) is 8.14. The lowest BCUT2D eigenvalue weighted by molar-refractivity contribution is -0.212. The van der Waals surface area contributed by atoms with Crippen molar-refractivity contribution in [1.82, 2.24) is 0 Å². The summed E-state index contributed by atoms with van der Waals surface area (Å²) in [7, 11) is 0. The van der Waals surface area contributed by atoms with Crippen molar-refractivity contribution >= 4 is 28.6 Å². The van der Waals surface area contributed by atoms with E-state index in [1.165, 1.54) is 18.2 Å². The van der Waals surface area contributed by atoms with E-state index in [2.05, 4.69) is 0 Å². The maximum absolute atomic E-state index is 17.5. The zero-order chi connectivity index (χ0) is 25.3. The molecule has 4 rings (SSSR count). The number of ether oxygens (including phenoxy) is 1. The molecule has 0 spiro atoms. The summed E-state index contributed by atoms with van der Waals surface area (Å²) in [4.78, 5) is 38.0. The molecule has 188 valence electrons. The number of carbonyl (C=O) groups excluding carboxylic acids is 3. The van der Waals surface area contributed by atoms with Crippen LogP contribution in [0.1, 0.15) is 60.3 Å². The summed E-state index contributed by atoms with van der Waals surface area (Å²) in [6.45, 7) is 8.65. The van der Waals surface area contributed by atoms with Crippen LogP contribution in [0.2, 0.25) is 0 Å². The zero-order valence-electron chi connectivity index (χ0n) is 20.3. The monoisotopic (exact) mass is 498 g/mol. The second-order valence-corrected chi connectivity index (χ2v) is 11.9. The van der Waals surface area contributed by atoms with E-state index >= 15 is 8.78 Å². The Bertz CT molecular complexity index is 981. The van der Waals surface area contributed by atoms with E-state index < -0.39 is 69.0 Å². The standard InChI is InChI=1S/C26H33F3O4S/c1-6-21(31)33-26(22(32)34-13-27)14(2)9-17-18-11-20(28)19-10-16(30)7-8-23(19,4)25(18,29)15(3)12-24(17,26)5/h7-8,10,14-15,17-18,20H,6,9,11-13H2,1-5H3/t14-,15+,17+,18+,20+,23+,24+,25-,26+/m1/s1. The van der Waals surface area contributed by atoms with E-state index in [9.17, 15) is 18.8 Å². The molecule has 0 N–H and O–H groups in total. The number of ketones is 1. The molecule has 0 heterocycles. The highest BCUT2D eigenvalue weighted by molar-refractivity contribution is 8.13. The minimum absolute atomic E-state index is 0.0480. The lowest BCUT2D eigenvalue weighted by atomic mass is 9.42. The summed E-state index contributed by atoms with van der Waals surface area (Å²) in [5, 5.41) is -0.560. The van der Waals surface area contributed by atoms with Gasteiger partial charge in [-0.2, -0.15) is 0 Å². The van der Waals surface area contributed by atoms with Crippen LogP contribution in [0, 0.1) is 34.5 Å². The summed E-state index contributed by atoms with van der Waals surface area (Å²) in [5.41, 5.74) is -5.58. The van der Waals surface area contributed by atoms with Crippen LogP contribution in [0.15, 0.2) is 23.8 Å². The fourth-order valence-corrected chi connectivity index (χ4v) is 8.93. The minimum atomic E-state index is -1.86. The molecular weight excluding hydrogens is 465 g/mol. The SMILES string of the molecule is CCC(=O)O[C@]1(C(=O)SCF)[C@H](C)C[C@H]2[C@@H]3C[C@H](F)C4=CC(=O)C=C[C@]4(C)[C@@]3(F)[C@@H](C)C[C@@]21C. The van der Waals surface area contributed by atoms with Crippen LogP contribution in [-0.4, -0.2) is 40.3 Å². The molecule has 0 amide bonds. The number of carbonyl (C=O) groups is 3. The van der Waals surface area contributed by atoms with Crippen molar-refractivity contribution in [3.63, 3.8) is 0 Å². The van der Waals surface area contributed by atoms with Crippen molar-refractivity contribution in [1.29, 1.82) is 0 Å². The molecular formula is C26H33F3O4S. The van der Waals surface area contributed by atoms with Crippen LogP contribution in [0.4, 0.5) is 13.2 Å². The molecule has 4 aliphatic carbocycles. The lowest BCUT2D eigenvalue weighted by Gasteiger charge is -2.64. The summed E-state index contributed by atoms with van der Waals surface area (Å²) in [5.74, 6) is -3.25. The van der Waals surface area contributed by atoms with Crippen LogP contribution in [0.5, 0.6) is 0 Å². The Morgan fingerprint density at radius 2 is 1.85 bits per heavy atom. The van der Waals surface area contributed by atoms with Gasteiger partial charge in [-0.25, -0.2) is 13.2 Å². The highest BCUT2D eigenvalue weighted by Crippen LogP contribution is 2.73. The number of allylic oxidation sites excluding steroid dienone is 4. The third kappa shape index (κ3) is 3.02. The van der Waals surface area contributed by atoms with E-state index in [0.29, 0.717) is 18.2 Å². The van der Waals surface area contributed by atoms with Crippen molar-refractivity contribution < 1.29 is 32.3 Å². The lowest BCUT2D eigenvalue weighted by Crippen LogP contribution is -2.68. The average molecular weight is 499 g/mol. The van der Waals surface area contributed by atoms with Gasteiger partial charge in [0.15, 0.2) is 11.4 Å². The molecule has 0 bridgehead atoms. The smallest absolute Gasteiger partial charge is 0.306 e. The van der Waals surface area contributed by atoms with Gasteiger partial charge in [0.25, 0.3) is 0 Å². The summed E-state index contributed by atoms with van der Waals surface area (Å²) in [6, 6.07) is -0.957. The average Bonchev–Trinajstić information content (AvgIpc) is 2.99. The van der Waals surface area contributed by atoms with Crippen molar-refractivity contribution in [3.8, 4) is 0 Å². The number of halogens is 3. The van der Waals surface area contributed by atoms with Gasteiger partial charge < -0.3 is 4.74 Å².